The van der Waals surface area contributed by atoms with Crippen LogP contribution in [0.25, 0.3) is 0 Å². The zero-order valence-corrected chi connectivity index (χ0v) is 11.5. The molecule has 0 bridgehead atoms. The Morgan fingerprint density at radius 1 is 1.45 bits per heavy atom. The molecule has 6 heteroatoms. The van der Waals surface area contributed by atoms with Gasteiger partial charge in [-0.2, -0.15) is 0 Å². The van der Waals surface area contributed by atoms with Crippen LogP contribution in [0.1, 0.15) is 18.9 Å². The number of hydrogen-bond acceptors (Lipinski definition) is 4. The van der Waals surface area contributed by atoms with E-state index < -0.39 is 0 Å². The average molecular weight is 277 g/mol. The van der Waals surface area contributed by atoms with Crippen molar-refractivity contribution in [3.05, 3.63) is 23.8 Å². The summed E-state index contributed by atoms with van der Waals surface area (Å²) in [6.45, 7) is 3.60. The van der Waals surface area contributed by atoms with Crippen LogP contribution >= 0.6 is 0 Å². The third kappa shape index (κ3) is 3.96. The summed E-state index contributed by atoms with van der Waals surface area (Å²) < 4.78 is 5.28. The van der Waals surface area contributed by atoms with Crippen LogP contribution in [0, 0.1) is 0 Å². The molecule has 0 saturated carbocycles. The lowest BCUT2D eigenvalue weighted by atomic mass is 10.1. The smallest absolute Gasteiger partial charge is 0.262 e. The number of carbonyl (C=O) groups excluding carboxylic acids is 2. The molecule has 1 aliphatic heterocycles. The van der Waals surface area contributed by atoms with Crippen molar-refractivity contribution in [2.45, 2.75) is 19.9 Å². The highest BCUT2D eigenvalue weighted by Crippen LogP contribution is 2.28. The van der Waals surface area contributed by atoms with Gasteiger partial charge in [-0.05, 0) is 24.1 Å². The molecule has 108 valence electrons. The first-order valence-electron chi connectivity index (χ1n) is 6.72. The van der Waals surface area contributed by atoms with Crippen molar-refractivity contribution < 1.29 is 14.3 Å². The van der Waals surface area contributed by atoms with E-state index in [2.05, 4.69) is 16.0 Å². The van der Waals surface area contributed by atoms with Crippen molar-refractivity contribution in [2.24, 2.45) is 0 Å². The molecule has 0 spiro atoms. The first-order chi connectivity index (χ1) is 9.69. The number of nitrogens with one attached hydrogen (secondary N) is 3. The van der Waals surface area contributed by atoms with Crippen molar-refractivity contribution in [1.29, 1.82) is 0 Å². The van der Waals surface area contributed by atoms with Gasteiger partial charge >= 0.3 is 0 Å². The molecule has 1 aromatic carbocycles. The number of ether oxygens (including phenoxy) is 1. The molecule has 0 aliphatic carbocycles. The number of benzene rings is 1. The topological polar surface area (TPSA) is 79.5 Å². The van der Waals surface area contributed by atoms with E-state index in [0.717, 1.165) is 12.0 Å². The highest BCUT2D eigenvalue weighted by molar-refractivity contribution is 5.95. The number of carbonyl (C=O) groups is 2. The zero-order valence-electron chi connectivity index (χ0n) is 11.5. The van der Waals surface area contributed by atoms with Gasteiger partial charge < -0.3 is 20.7 Å². The van der Waals surface area contributed by atoms with E-state index in [1.807, 2.05) is 25.1 Å². The Kier molecular flexibility index (Phi) is 4.95. The lowest BCUT2D eigenvalue weighted by molar-refractivity contribution is -0.120. The van der Waals surface area contributed by atoms with Gasteiger partial charge in [-0.15, -0.1) is 0 Å². The largest absolute Gasteiger partial charge is 0.482 e. The van der Waals surface area contributed by atoms with Crippen LogP contribution in [0.3, 0.4) is 0 Å². The summed E-state index contributed by atoms with van der Waals surface area (Å²) >= 11 is 0. The summed E-state index contributed by atoms with van der Waals surface area (Å²) in [5.74, 6) is 0.511. The summed E-state index contributed by atoms with van der Waals surface area (Å²) in [5, 5.41) is 8.62. The molecule has 1 heterocycles. The van der Waals surface area contributed by atoms with Gasteiger partial charge in [0.1, 0.15) is 5.75 Å². The van der Waals surface area contributed by atoms with Crippen LogP contribution in [0.4, 0.5) is 5.69 Å². The fourth-order valence-corrected chi connectivity index (χ4v) is 1.89. The minimum Gasteiger partial charge on any atom is -0.482 e. The molecular weight excluding hydrogens is 258 g/mol. The van der Waals surface area contributed by atoms with E-state index in [1.165, 1.54) is 0 Å². The van der Waals surface area contributed by atoms with Gasteiger partial charge in [-0.3, -0.25) is 9.59 Å². The molecule has 0 atom stereocenters. The molecule has 20 heavy (non-hydrogen) atoms. The standard InChI is InChI=1S/C14H19N3O3/c1-2-5-16-13(18)8-15-7-10-3-4-12-11(6-10)17-14(19)9-20-12/h3-4,6,15H,2,5,7-9H2,1H3,(H,16,18)(H,17,19). The summed E-state index contributed by atoms with van der Waals surface area (Å²) in [4.78, 5) is 22.7. The van der Waals surface area contributed by atoms with Crippen LogP contribution in [0.2, 0.25) is 0 Å². The molecule has 1 aromatic rings. The van der Waals surface area contributed by atoms with Gasteiger partial charge in [0.05, 0.1) is 12.2 Å². The monoisotopic (exact) mass is 277 g/mol. The van der Waals surface area contributed by atoms with Crippen molar-refractivity contribution in [3.8, 4) is 5.75 Å². The van der Waals surface area contributed by atoms with E-state index in [1.54, 1.807) is 0 Å². The van der Waals surface area contributed by atoms with Gasteiger partial charge in [0.15, 0.2) is 6.61 Å². The van der Waals surface area contributed by atoms with E-state index in [4.69, 9.17) is 4.74 Å². The lowest BCUT2D eigenvalue weighted by Crippen LogP contribution is -2.34. The summed E-state index contributed by atoms with van der Waals surface area (Å²) in [6.07, 6.45) is 0.927. The molecule has 2 rings (SSSR count). The number of fused-ring (bicyclic) bond motifs is 1. The second-order valence-corrected chi connectivity index (χ2v) is 4.62. The average Bonchev–Trinajstić information content (AvgIpc) is 2.44. The maximum absolute atomic E-state index is 11.4. The Morgan fingerprint density at radius 3 is 3.10 bits per heavy atom. The molecule has 6 nitrogen and oxygen atoms in total. The fraction of sp³-hybridized carbons (Fsp3) is 0.429. The number of rotatable bonds is 6. The lowest BCUT2D eigenvalue weighted by Gasteiger charge is -2.18. The fourth-order valence-electron chi connectivity index (χ4n) is 1.89. The summed E-state index contributed by atoms with van der Waals surface area (Å²) in [7, 11) is 0. The maximum atomic E-state index is 11.4. The quantitative estimate of drug-likeness (QED) is 0.712. The van der Waals surface area contributed by atoms with Crippen LogP contribution in [0.5, 0.6) is 5.75 Å². The van der Waals surface area contributed by atoms with Crippen LogP contribution < -0.4 is 20.7 Å². The second kappa shape index (κ2) is 6.91. The van der Waals surface area contributed by atoms with Gasteiger partial charge in [-0.1, -0.05) is 13.0 Å². The van der Waals surface area contributed by atoms with Gasteiger partial charge in [0.2, 0.25) is 5.91 Å². The molecular formula is C14H19N3O3. The first kappa shape index (κ1) is 14.3. The zero-order chi connectivity index (χ0) is 14.4. The highest BCUT2D eigenvalue weighted by Gasteiger charge is 2.15. The SMILES string of the molecule is CCCNC(=O)CNCc1ccc2c(c1)NC(=O)CO2. The first-order valence-corrected chi connectivity index (χ1v) is 6.72. The summed E-state index contributed by atoms with van der Waals surface area (Å²) in [6, 6.07) is 5.58. The van der Waals surface area contributed by atoms with E-state index in [-0.39, 0.29) is 25.0 Å². The minimum absolute atomic E-state index is 0.0125. The predicted molar refractivity (Wildman–Crippen MR) is 75.6 cm³/mol. The molecule has 0 fully saturated rings. The van der Waals surface area contributed by atoms with Crippen molar-refractivity contribution in [3.63, 3.8) is 0 Å². The normalized spacial score (nSPS) is 13.2. The predicted octanol–water partition coefficient (Wildman–Crippen LogP) is 0.633. The molecule has 0 radical (unpaired) electrons. The van der Waals surface area contributed by atoms with Crippen molar-refractivity contribution >= 4 is 17.5 Å². The maximum Gasteiger partial charge on any atom is 0.262 e. The third-order valence-corrected chi connectivity index (χ3v) is 2.86. The molecule has 0 unspecified atom stereocenters. The Morgan fingerprint density at radius 2 is 2.30 bits per heavy atom. The minimum atomic E-state index is -0.151. The molecule has 1 aliphatic rings. The molecule has 2 amide bonds. The van der Waals surface area contributed by atoms with Crippen LogP contribution in [-0.2, 0) is 16.1 Å². The van der Waals surface area contributed by atoms with E-state index >= 15 is 0 Å². The molecule has 0 aromatic heterocycles. The van der Waals surface area contributed by atoms with Gasteiger partial charge in [0, 0.05) is 13.1 Å². The number of anilines is 1. The van der Waals surface area contributed by atoms with Crippen molar-refractivity contribution in [1.82, 2.24) is 10.6 Å². The Balaban J connectivity index is 1.83. The molecule has 0 saturated heterocycles. The molecule has 3 N–H and O–H groups in total. The highest BCUT2D eigenvalue weighted by atomic mass is 16.5. The van der Waals surface area contributed by atoms with Crippen LogP contribution in [0.15, 0.2) is 18.2 Å². The van der Waals surface area contributed by atoms with Gasteiger partial charge in [0.25, 0.3) is 5.91 Å². The van der Waals surface area contributed by atoms with Crippen LogP contribution in [-0.4, -0.2) is 31.5 Å². The summed E-state index contributed by atoms with van der Waals surface area (Å²) in [5.41, 5.74) is 1.66. The van der Waals surface area contributed by atoms with Gasteiger partial charge in [-0.25, -0.2) is 0 Å². The Labute approximate surface area is 117 Å². The van der Waals surface area contributed by atoms with Crippen molar-refractivity contribution in [2.75, 3.05) is 25.0 Å². The van der Waals surface area contributed by atoms with E-state index in [9.17, 15) is 9.59 Å². The number of amides is 2. The Hall–Kier alpha value is -2.08. The third-order valence-electron chi connectivity index (χ3n) is 2.86. The number of hydrogen-bond donors (Lipinski definition) is 3. The Bertz CT molecular complexity index is 502. The second-order valence-electron chi connectivity index (χ2n) is 4.62. The van der Waals surface area contributed by atoms with E-state index in [0.29, 0.717) is 24.5 Å².